The van der Waals surface area contributed by atoms with Crippen molar-refractivity contribution in [3.05, 3.63) is 35.4 Å². The van der Waals surface area contributed by atoms with Gasteiger partial charge in [0, 0.05) is 6.54 Å². The summed E-state index contributed by atoms with van der Waals surface area (Å²) >= 11 is 0. The average Bonchev–Trinajstić information content (AvgIpc) is 2.76. The minimum atomic E-state index is -1.25. The summed E-state index contributed by atoms with van der Waals surface area (Å²) in [6.45, 7) is 3.07. The third-order valence-corrected chi connectivity index (χ3v) is 6.13. The normalized spacial score (nSPS) is 31.8. The number of hydrogen-bond acceptors (Lipinski definition) is 4. The standard InChI is InChI=1S/C19H26N2O3/c1-18(23)19(10-5-2-6-11-19)24-17(22)21(18)13-16-15-8-4-3-7-14(15)9-12-20-16/h3-4,7-8,16,20,23H,2,5-6,9-13H2,1H3. The van der Waals surface area contributed by atoms with Crippen LogP contribution in [0.4, 0.5) is 4.79 Å². The number of rotatable bonds is 2. The third kappa shape index (κ3) is 2.33. The van der Waals surface area contributed by atoms with Crippen LogP contribution in [-0.2, 0) is 11.2 Å². The number of aliphatic hydroxyl groups is 1. The number of carbonyl (C=O) groups excluding carboxylic acids is 1. The molecule has 3 aliphatic rings. The fourth-order valence-electron chi connectivity index (χ4n) is 4.63. The molecule has 5 heteroatoms. The zero-order valence-corrected chi connectivity index (χ0v) is 14.3. The summed E-state index contributed by atoms with van der Waals surface area (Å²) in [5.74, 6) is 0. The van der Waals surface area contributed by atoms with Crippen molar-refractivity contribution >= 4 is 6.09 Å². The molecule has 2 N–H and O–H groups in total. The molecule has 1 saturated heterocycles. The van der Waals surface area contributed by atoms with Gasteiger partial charge < -0.3 is 15.2 Å². The molecule has 0 bridgehead atoms. The van der Waals surface area contributed by atoms with E-state index in [1.807, 2.05) is 6.07 Å². The molecule has 1 saturated carbocycles. The minimum Gasteiger partial charge on any atom is -0.438 e. The van der Waals surface area contributed by atoms with Crippen LogP contribution in [0.5, 0.6) is 0 Å². The quantitative estimate of drug-likeness (QED) is 0.875. The monoisotopic (exact) mass is 330 g/mol. The van der Waals surface area contributed by atoms with Crippen LogP contribution >= 0.6 is 0 Å². The summed E-state index contributed by atoms with van der Waals surface area (Å²) in [5.41, 5.74) is 0.549. The number of carbonyl (C=O) groups is 1. The average molecular weight is 330 g/mol. The summed E-state index contributed by atoms with van der Waals surface area (Å²) in [6.07, 6.45) is 5.26. The van der Waals surface area contributed by atoms with Gasteiger partial charge >= 0.3 is 6.09 Å². The molecule has 2 aliphatic heterocycles. The highest BCUT2D eigenvalue weighted by molar-refractivity contribution is 5.72. The van der Waals surface area contributed by atoms with Gasteiger partial charge in [0.25, 0.3) is 0 Å². The van der Waals surface area contributed by atoms with E-state index in [2.05, 4.69) is 23.5 Å². The van der Waals surface area contributed by atoms with Gasteiger partial charge in [-0.25, -0.2) is 4.79 Å². The fourth-order valence-corrected chi connectivity index (χ4v) is 4.63. The Hall–Kier alpha value is -1.59. The Morgan fingerprint density at radius 1 is 1.29 bits per heavy atom. The van der Waals surface area contributed by atoms with E-state index in [0.717, 1.165) is 45.1 Å². The van der Waals surface area contributed by atoms with E-state index >= 15 is 0 Å². The van der Waals surface area contributed by atoms with Crippen molar-refractivity contribution < 1.29 is 14.6 Å². The van der Waals surface area contributed by atoms with Crippen LogP contribution in [-0.4, -0.2) is 40.5 Å². The number of fused-ring (bicyclic) bond motifs is 1. The van der Waals surface area contributed by atoms with Gasteiger partial charge in [-0.3, -0.25) is 4.90 Å². The fraction of sp³-hybridized carbons (Fsp3) is 0.632. The SMILES string of the molecule is CC1(O)N(CC2NCCc3ccccc32)C(=O)OC12CCCCC2. The molecule has 5 nitrogen and oxygen atoms in total. The van der Waals surface area contributed by atoms with Crippen molar-refractivity contribution in [2.45, 2.75) is 62.8 Å². The van der Waals surface area contributed by atoms with Crippen molar-refractivity contribution in [3.8, 4) is 0 Å². The van der Waals surface area contributed by atoms with E-state index in [4.69, 9.17) is 4.74 Å². The smallest absolute Gasteiger partial charge is 0.412 e. The molecule has 0 aromatic heterocycles. The first-order valence-electron chi connectivity index (χ1n) is 9.08. The Balaban J connectivity index is 1.60. The molecular weight excluding hydrogens is 304 g/mol. The molecule has 1 aromatic rings. The van der Waals surface area contributed by atoms with Gasteiger partial charge in [-0.05, 0) is 56.7 Å². The lowest BCUT2D eigenvalue weighted by Gasteiger charge is -2.43. The highest BCUT2D eigenvalue weighted by Gasteiger charge is 2.62. The van der Waals surface area contributed by atoms with Crippen molar-refractivity contribution in [1.82, 2.24) is 10.2 Å². The van der Waals surface area contributed by atoms with Crippen LogP contribution in [0.25, 0.3) is 0 Å². The van der Waals surface area contributed by atoms with Gasteiger partial charge in [-0.2, -0.15) is 0 Å². The van der Waals surface area contributed by atoms with Crippen LogP contribution in [0, 0.1) is 0 Å². The lowest BCUT2D eigenvalue weighted by molar-refractivity contribution is -0.159. The third-order valence-electron chi connectivity index (χ3n) is 6.13. The maximum absolute atomic E-state index is 12.6. The molecule has 2 atom stereocenters. The summed E-state index contributed by atoms with van der Waals surface area (Å²) in [5, 5.41) is 14.7. The zero-order valence-electron chi connectivity index (χ0n) is 14.3. The summed E-state index contributed by atoms with van der Waals surface area (Å²) in [4.78, 5) is 14.1. The van der Waals surface area contributed by atoms with Crippen LogP contribution in [0.3, 0.4) is 0 Å². The lowest BCUT2D eigenvalue weighted by Crippen LogP contribution is -2.58. The predicted octanol–water partition coefficient (Wildman–Crippen LogP) is 2.74. The first kappa shape index (κ1) is 15.9. The van der Waals surface area contributed by atoms with Crippen LogP contribution in [0.15, 0.2) is 24.3 Å². The molecule has 2 heterocycles. The molecule has 0 radical (unpaired) electrons. The predicted molar refractivity (Wildman–Crippen MR) is 90.5 cm³/mol. The Kier molecular flexibility index (Phi) is 3.81. The first-order valence-corrected chi connectivity index (χ1v) is 9.08. The highest BCUT2D eigenvalue weighted by atomic mass is 16.6. The summed E-state index contributed by atoms with van der Waals surface area (Å²) in [7, 11) is 0. The molecule has 130 valence electrons. The molecule has 1 aliphatic carbocycles. The number of hydrogen-bond donors (Lipinski definition) is 2. The van der Waals surface area contributed by atoms with E-state index in [-0.39, 0.29) is 12.1 Å². The molecule has 1 aromatic carbocycles. The number of nitrogens with one attached hydrogen (secondary N) is 1. The van der Waals surface area contributed by atoms with Crippen LogP contribution < -0.4 is 5.32 Å². The van der Waals surface area contributed by atoms with Crippen LogP contribution in [0.2, 0.25) is 0 Å². The maximum atomic E-state index is 12.6. The Morgan fingerprint density at radius 2 is 2.04 bits per heavy atom. The second-order valence-electron chi connectivity index (χ2n) is 7.51. The molecule has 1 amide bonds. The zero-order chi connectivity index (χ0) is 16.8. The number of benzene rings is 1. The minimum absolute atomic E-state index is 0.0349. The van der Waals surface area contributed by atoms with E-state index in [1.165, 1.54) is 16.0 Å². The van der Waals surface area contributed by atoms with Gasteiger partial charge in [-0.1, -0.05) is 30.7 Å². The second kappa shape index (κ2) is 5.74. The molecule has 2 unspecified atom stereocenters. The topological polar surface area (TPSA) is 61.8 Å². The first-order chi connectivity index (χ1) is 11.5. The summed E-state index contributed by atoms with van der Waals surface area (Å²) in [6, 6.07) is 8.37. The summed E-state index contributed by atoms with van der Waals surface area (Å²) < 4.78 is 5.76. The van der Waals surface area contributed by atoms with E-state index in [9.17, 15) is 9.90 Å². The van der Waals surface area contributed by atoms with Crippen molar-refractivity contribution in [1.29, 1.82) is 0 Å². The Labute approximate surface area is 143 Å². The Bertz CT molecular complexity index is 637. The molecule has 24 heavy (non-hydrogen) atoms. The number of amides is 1. The van der Waals surface area contributed by atoms with E-state index in [1.54, 1.807) is 6.92 Å². The lowest BCUT2D eigenvalue weighted by atomic mass is 9.77. The van der Waals surface area contributed by atoms with Crippen molar-refractivity contribution in [2.24, 2.45) is 0 Å². The molecule has 4 rings (SSSR count). The van der Waals surface area contributed by atoms with E-state index < -0.39 is 11.3 Å². The van der Waals surface area contributed by atoms with Gasteiger partial charge in [-0.15, -0.1) is 0 Å². The second-order valence-corrected chi connectivity index (χ2v) is 7.51. The number of nitrogens with zero attached hydrogens (tertiary/aromatic N) is 1. The molecule has 2 fully saturated rings. The van der Waals surface area contributed by atoms with Gasteiger partial charge in [0.1, 0.15) is 0 Å². The van der Waals surface area contributed by atoms with Gasteiger partial charge in [0.2, 0.25) is 0 Å². The Morgan fingerprint density at radius 3 is 2.83 bits per heavy atom. The van der Waals surface area contributed by atoms with Gasteiger partial charge in [0.15, 0.2) is 11.3 Å². The van der Waals surface area contributed by atoms with Crippen molar-refractivity contribution in [3.63, 3.8) is 0 Å². The molecule has 1 spiro atoms. The van der Waals surface area contributed by atoms with Crippen LogP contribution in [0.1, 0.15) is 56.2 Å². The number of ether oxygens (including phenoxy) is 1. The van der Waals surface area contributed by atoms with E-state index in [0.29, 0.717) is 6.54 Å². The van der Waals surface area contributed by atoms with Crippen molar-refractivity contribution in [2.75, 3.05) is 13.1 Å². The molecular formula is C19H26N2O3. The largest absolute Gasteiger partial charge is 0.438 e. The highest BCUT2D eigenvalue weighted by Crippen LogP contribution is 2.47. The maximum Gasteiger partial charge on any atom is 0.412 e. The van der Waals surface area contributed by atoms with Gasteiger partial charge in [0.05, 0.1) is 6.04 Å².